The maximum absolute atomic E-state index is 13.6. The molecule has 3 rings (SSSR count). The predicted octanol–water partition coefficient (Wildman–Crippen LogP) is 5.12. The van der Waals surface area contributed by atoms with Gasteiger partial charge in [-0.2, -0.15) is 0 Å². The third-order valence-electron chi connectivity index (χ3n) is 3.86. The summed E-state index contributed by atoms with van der Waals surface area (Å²) in [5.74, 6) is -0.293. The molecule has 0 aliphatic rings. The largest absolute Gasteiger partial charge is 0.451 e. The van der Waals surface area contributed by atoms with E-state index in [1.807, 2.05) is 12.1 Å². The number of hydrogen-bond acceptors (Lipinski definition) is 5. The van der Waals surface area contributed by atoms with Gasteiger partial charge >= 0.3 is 7.60 Å². The minimum absolute atomic E-state index is 0. The fourth-order valence-electron chi connectivity index (χ4n) is 2.43. The molecule has 0 bridgehead atoms. The lowest BCUT2D eigenvalue weighted by molar-refractivity contribution is 0.373. The highest BCUT2D eigenvalue weighted by Crippen LogP contribution is 2.57. The molecule has 154 valence electrons. The topological polar surface area (TPSA) is 111 Å². The maximum atomic E-state index is 13.6. The third kappa shape index (κ3) is 6.24. The number of nitrogen functional groups attached to an aromatic ring is 1. The van der Waals surface area contributed by atoms with Crippen LogP contribution in [0.15, 0.2) is 84.9 Å². The summed E-state index contributed by atoms with van der Waals surface area (Å²) in [4.78, 5) is 0. The van der Waals surface area contributed by atoms with E-state index >= 15 is 0 Å². The molecule has 0 radical (unpaired) electrons. The Morgan fingerprint density at radius 1 is 0.793 bits per heavy atom. The van der Waals surface area contributed by atoms with Crippen molar-refractivity contribution in [1.82, 2.24) is 0 Å². The molecule has 3 aromatic carbocycles. The van der Waals surface area contributed by atoms with E-state index in [1.165, 1.54) is 0 Å². The van der Waals surface area contributed by atoms with Gasteiger partial charge < -0.3 is 20.5 Å². The van der Waals surface area contributed by atoms with Crippen molar-refractivity contribution in [3.05, 3.63) is 96.1 Å². The Morgan fingerprint density at radius 2 is 1.21 bits per heavy atom. The maximum Gasteiger partial charge on any atom is 0.451 e. The van der Waals surface area contributed by atoms with E-state index in [-0.39, 0.29) is 30.6 Å². The number of halogens is 2. The molecule has 1 atom stereocenters. The van der Waals surface area contributed by atoms with Crippen LogP contribution in [0.1, 0.15) is 16.9 Å². The van der Waals surface area contributed by atoms with Gasteiger partial charge in [0, 0.05) is 5.56 Å². The summed E-state index contributed by atoms with van der Waals surface area (Å²) >= 11 is 0. The monoisotopic (exact) mass is 453 g/mol. The van der Waals surface area contributed by atoms with Crippen LogP contribution in [0.2, 0.25) is 0 Å². The first kappa shape index (κ1) is 24.5. The molecular formula is C20H22Cl2N3O3P. The number of rotatable bonds is 7. The van der Waals surface area contributed by atoms with Crippen molar-refractivity contribution in [3.63, 3.8) is 0 Å². The Hall–Kier alpha value is -2.50. The first-order chi connectivity index (χ1) is 13.0. The molecule has 9 heteroatoms. The van der Waals surface area contributed by atoms with Crippen molar-refractivity contribution < 1.29 is 13.6 Å². The molecule has 29 heavy (non-hydrogen) atoms. The summed E-state index contributed by atoms with van der Waals surface area (Å²) in [7, 11) is -3.82. The molecule has 0 amide bonds. The van der Waals surface area contributed by atoms with E-state index in [0.717, 1.165) is 0 Å². The van der Waals surface area contributed by atoms with Crippen LogP contribution in [0.25, 0.3) is 0 Å². The lowest BCUT2D eigenvalue weighted by Gasteiger charge is -2.25. The first-order valence-electron chi connectivity index (χ1n) is 8.27. The summed E-state index contributed by atoms with van der Waals surface area (Å²) in [6.45, 7) is 0. The number of amidine groups is 1. The highest BCUT2D eigenvalue weighted by molar-refractivity contribution is 7.55. The van der Waals surface area contributed by atoms with Crippen molar-refractivity contribution in [1.29, 1.82) is 5.41 Å². The Labute approximate surface area is 182 Å². The van der Waals surface area contributed by atoms with Crippen LogP contribution in [0.4, 0.5) is 0 Å². The van der Waals surface area contributed by atoms with Crippen LogP contribution in [0.3, 0.4) is 0 Å². The zero-order valence-electron chi connectivity index (χ0n) is 15.3. The van der Waals surface area contributed by atoms with Gasteiger partial charge in [0.1, 0.15) is 17.3 Å². The van der Waals surface area contributed by atoms with Crippen LogP contribution in [-0.4, -0.2) is 5.84 Å². The number of nitrogens with one attached hydrogen (secondary N) is 1. The van der Waals surface area contributed by atoms with Crippen LogP contribution in [0.5, 0.6) is 11.5 Å². The molecule has 0 heterocycles. The van der Waals surface area contributed by atoms with Crippen molar-refractivity contribution in [2.24, 2.45) is 11.5 Å². The highest BCUT2D eigenvalue weighted by atomic mass is 35.5. The van der Waals surface area contributed by atoms with E-state index in [0.29, 0.717) is 22.6 Å². The fraction of sp³-hybridized carbons (Fsp3) is 0.0500. The molecule has 6 nitrogen and oxygen atoms in total. The van der Waals surface area contributed by atoms with Gasteiger partial charge in [-0.25, -0.2) is 4.57 Å². The predicted molar refractivity (Wildman–Crippen MR) is 121 cm³/mol. The van der Waals surface area contributed by atoms with Gasteiger partial charge in [0.2, 0.25) is 0 Å². The van der Waals surface area contributed by atoms with Gasteiger partial charge in [-0.15, -0.1) is 24.8 Å². The molecular weight excluding hydrogens is 432 g/mol. The van der Waals surface area contributed by atoms with Gasteiger partial charge in [-0.3, -0.25) is 5.41 Å². The lowest BCUT2D eigenvalue weighted by atomic mass is 10.1. The zero-order chi connectivity index (χ0) is 19.3. The molecule has 3 aromatic rings. The second-order valence-corrected chi connectivity index (χ2v) is 7.83. The first-order valence-corrected chi connectivity index (χ1v) is 9.88. The van der Waals surface area contributed by atoms with E-state index in [4.69, 9.17) is 25.9 Å². The van der Waals surface area contributed by atoms with Crippen LogP contribution >= 0.6 is 32.4 Å². The van der Waals surface area contributed by atoms with E-state index in [1.54, 1.807) is 72.8 Å². The molecule has 0 aromatic heterocycles. The van der Waals surface area contributed by atoms with Crippen LogP contribution < -0.4 is 20.5 Å². The van der Waals surface area contributed by atoms with Crippen LogP contribution in [0, 0.1) is 5.41 Å². The molecule has 0 fully saturated rings. The number of nitrogens with two attached hydrogens (primary N) is 2. The Kier molecular flexibility index (Phi) is 9.21. The van der Waals surface area contributed by atoms with Gasteiger partial charge in [0.15, 0.2) is 5.78 Å². The van der Waals surface area contributed by atoms with Crippen molar-refractivity contribution in [2.45, 2.75) is 5.78 Å². The smallest absolute Gasteiger partial charge is 0.415 e. The quantitative estimate of drug-likeness (QED) is 0.261. The van der Waals surface area contributed by atoms with Gasteiger partial charge in [0.25, 0.3) is 0 Å². The van der Waals surface area contributed by atoms with Crippen molar-refractivity contribution in [3.8, 4) is 11.5 Å². The summed E-state index contributed by atoms with van der Waals surface area (Å²) in [6, 6.07) is 24.1. The molecule has 0 saturated heterocycles. The molecule has 1 unspecified atom stereocenters. The van der Waals surface area contributed by atoms with E-state index < -0.39 is 13.4 Å². The molecule has 0 aliphatic heterocycles. The fourth-order valence-corrected chi connectivity index (χ4v) is 4.06. The Morgan fingerprint density at radius 3 is 1.59 bits per heavy atom. The zero-order valence-corrected chi connectivity index (χ0v) is 17.8. The Bertz CT molecular complexity index is 912. The minimum Gasteiger partial charge on any atom is -0.415 e. The van der Waals surface area contributed by atoms with Gasteiger partial charge in [-0.1, -0.05) is 60.7 Å². The summed E-state index contributed by atoms with van der Waals surface area (Å²) < 4.78 is 25.1. The second kappa shape index (κ2) is 10.9. The Balaban J connectivity index is 0.00000210. The van der Waals surface area contributed by atoms with Gasteiger partial charge in [0.05, 0.1) is 0 Å². The highest BCUT2D eigenvalue weighted by Gasteiger charge is 2.38. The summed E-state index contributed by atoms with van der Waals surface area (Å²) in [5.41, 5.74) is 12.9. The minimum atomic E-state index is -3.82. The summed E-state index contributed by atoms with van der Waals surface area (Å²) in [6.07, 6.45) is 0. The normalized spacial score (nSPS) is 11.3. The summed E-state index contributed by atoms with van der Waals surface area (Å²) in [5, 5.41) is 7.48. The molecule has 0 saturated carbocycles. The van der Waals surface area contributed by atoms with Crippen molar-refractivity contribution in [2.75, 3.05) is 0 Å². The average Bonchev–Trinajstić information content (AvgIpc) is 2.69. The number of hydrogen-bond donors (Lipinski definition) is 3. The van der Waals surface area contributed by atoms with E-state index in [9.17, 15) is 4.57 Å². The second-order valence-electron chi connectivity index (χ2n) is 5.83. The van der Waals surface area contributed by atoms with Crippen LogP contribution in [-0.2, 0) is 4.57 Å². The average molecular weight is 454 g/mol. The van der Waals surface area contributed by atoms with Crippen molar-refractivity contribution >= 4 is 38.2 Å². The van der Waals surface area contributed by atoms with Gasteiger partial charge in [-0.05, 0) is 29.8 Å². The molecule has 0 aliphatic carbocycles. The number of benzene rings is 3. The third-order valence-corrected chi connectivity index (χ3v) is 5.77. The molecule has 5 N–H and O–H groups in total. The lowest BCUT2D eigenvalue weighted by Crippen LogP contribution is -2.18. The standard InChI is InChI=1S/C20H20N3O3P.2ClH/c21-19(22)15-11-13-16(14-12-15)20(23)27(24,25-17-7-3-1-4-8-17)26-18-9-5-2-6-10-18;;/h1-14,20H,23H2,(H3,21,22);2*1H. The van der Waals surface area contributed by atoms with E-state index in [2.05, 4.69) is 0 Å². The number of para-hydroxylation sites is 2. The SMILES string of the molecule is Cl.Cl.N=C(N)c1ccc(C(N)P(=O)(Oc2ccccc2)Oc2ccccc2)cc1. The molecule has 0 spiro atoms.